The van der Waals surface area contributed by atoms with E-state index in [9.17, 15) is 4.79 Å². The van der Waals surface area contributed by atoms with E-state index in [0.717, 1.165) is 40.7 Å². The van der Waals surface area contributed by atoms with Crippen molar-refractivity contribution in [2.45, 2.75) is 43.3 Å². The first-order chi connectivity index (χ1) is 16.0. The number of rotatable bonds is 5. The number of fused-ring (bicyclic) bond motifs is 1. The quantitative estimate of drug-likeness (QED) is 0.576. The number of benzene rings is 2. The zero-order valence-corrected chi connectivity index (χ0v) is 18.8. The van der Waals surface area contributed by atoms with E-state index in [2.05, 4.69) is 35.4 Å². The summed E-state index contributed by atoms with van der Waals surface area (Å²) in [5.74, 6) is 0.984. The highest BCUT2D eigenvalue weighted by Crippen LogP contribution is 2.58. The summed E-state index contributed by atoms with van der Waals surface area (Å²) in [4.78, 5) is 12.3. The highest BCUT2D eigenvalue weighted by atomic mass is 16.5. The minimum atomic E-state index is -0.808. The number of carbonyl (C=O) groups is 1. The molecule has 0 bridgehead atoms. The Morgan fingerprint density at radius 2 is 2.09 bits per heavy atom. The van der Waals surface area contributed by atoms with Crippen LogP contribution in [-0.2, 0) is 16.8 Å². The maximum Gasteiger partial charge on any atom is 0.337 e. The van der Waals surface area contributed by atoms with Crippen LogP contribution in [0.2, 0.25) is 0 Å². The van der Waals surface area contributed by atoms with Crippen molar-refractivity contribution in [2.24, 2.45) is 17.4 Å². The van der Waals surface area contributed by atoms with Gasteiger partial charge in [0.2, 0.25) is 0 Å². The molecule has 0 spiro atoms. The molecular formula is C27H29N3O3. The smallest absolute Gasteiger partial charge is 0.337 e. The Hall–Kier alpha value is -3.09. The van der Waals surface area contributed by atoms with E-state index in [0.29, 0.717) is 23.8 Å². The Balaban J connectivity index is 1.56. The van der Waals surface area contributed by atoms with Crippen molar-refractivity contribution in [3.63, 3.8) is 0 Å². The van der Waals surface area contributed by atoms with E-state index in [1.54, 1.807) is 6.07 Å². The van der Waals surface area contributed by atoms with Gasteiger partial charge in [-0.2, -0.15) is 0 Å². The number of hydrogen-bond acceptors (Lipinski definition) is 5. The number of aromatic nitrogens is 1. The second-order valence-electron chi connectivity index (χ2n) is 9.68. The van der Waals surface area contributed by atoms with Crippen LogP contribution in [0.3, 0.4) is 0 Å². The lowest BCUT2D eigenvalue weighted by Gasteiger charge is -2.38. The fourth-order valence-corrected chi connectivity index (χ4v) is 5.87. The standard InChI is InChI=1S/C27H29N3O3/c1-3-15-6-7-17-13-23(30(21(17)10-15)14-16-4-5-16)27(29)20-8-9-33-22-12-18(26(31)32-2)11-19(24(20)22)25(27)28/h3,6-7,10-13,16,20,25H,1,4-5,8-9,14,28-29H2,2H3/t20?,25?,27-/m0/s1. The van der Waals surface area contributed by atoms with E-state index in [1.165, 1.54) is 25.5 Å². The zero-order chi connectivity index (χ0) is 22.9. The fraction of sp³-hybridized carbons (Fsp3) is 0.370. The number of nitrogens with zero attached hydrogens (tertiary/aromatic N) is 1. The Kier molecular flexibility index (Phi) is 4.48. The largest absolute Gasteiger partial charge is 0.493 e. The summed E-state index contributed by atoms with van der Waals surface area (Å²) < 4.78 is 13.3. The minimum absolute atomic E-state index is 0.0130. The van der Waals surface area contributed by atoms with Crippen LogP contribution >= 0.6 is 0 Å². The predicted molar refractivity (Wildman–Crippen MR) is 128 cm³/mol. The number of ether oxygens (including phenoxy) is 2. The van der Waals surface area contributed by atoms with Gasteiger partial charge in [0.1, 0.15) is 5.75 Å². The SMILES string of the molecule is C=Cc1ccc2cc([C@]3(N)C(N)c4cc(C(=O)OC)cc5c4C3CCO5)n(CC3CC3)c2c1. The van der Waals surface area contributed by atoms with Crippen LogP contribution in [-0.4, -0.2) is 24.3 Å². The average Bonchev–Trinajstić information content (AvgIpc) is 3.56. The third kappa shape index (κ3) is 2.90. The van der Waals surface area contributed by atoms with Crippen molar-refractivity contribution >= 4 is 22.9 Å². The number of methoxy groups -OCH3 is 1. The molecule has 2 heterocycles. The van der Waals surface area contributed by atoms with E-state index in [-0.39, 0.29) is 5.92 Å². The second kappa shape index (κ2) is 7.20. The number of nitrogens with two attached hydrogens (primary N) is 2. The molecule has 0 saturated heterocycles. The van der Waals surface area contributed by atoms with Crippen LogP contribution in [0.15, 0.2) is 43.0 Å². The van der Waals surface area contributed by atoms with Gasteiger partial charge in [-0.25, -0.2) is 4.79 Å². The first kappa shape index (κ1) is 20.5. The molecule has 0 amide bonds. The summed E-state index contributed by atoms with van der Waals surface area (Å²) in [6.07, 6.45) is 5.15. The van der Waals surface area contributed by atoms with Crippen LogP contribution in [0.5, 0.6) is 5.75 Å². The van der Waals surface area contributed by atoms with Crippen LogP contribution < -0.4 is 16.2 Å². The third-order valence-electron chi connectivity index (χ3n) is 7.78. The molecule has 1 aromatic heterocycles. The van der Waals surface area contributed by atoms with Gasteiger partial charge in [0, 0.05) is 29.2 Å². The molecule has 1 fully saturated rings. The lowest BCUT2D eigenvalue weighted by Crippen LogP contribution is -2.49. The Bertz CT molecular complexity index is 1310. The number of hydrogen-bond donors (Lipinski definition) is 2. The van der Waals surface area contributed by atoms with Crippen LogP contribution in [0.1, 0.15) is 64.0 Å². The zero-order valence-electron chi connectivity index (χ0n) is 18.8. The lowest BCUT2D eigenvalue weighted by atomic mass is 9.77. The Morgan fingerprint density at radius 3 is 2.82 bits per heavy atom. The molecule has 2 unspecified atom stereocenters. The van der Waals surface area contributed by atoms with Gasteiger partial charge in [0.25, 0.3) is 0 Å². The summed E-state index contributed by atoms with van der Waals surface area (Å²) in [5.41, 5.74) is 19.2. The molecule has 3 aliphatic rings. The van der Waals surface area contributed by atoms with E-state index in [4.69, 9.17) is 20.9 Å². The predicted octanol–water partition coefficient (Wildman–Crippen LogP) is 4.21. The van der Waals surface area contributed by atoms with Gasteiger partial charge >= 0.3 is 5.97 Å². The van der Waals surface area contributed by atoms with Crippen molar-refractivity contribution in [1.29, 1.82) is 0 Å². The fourth-order valence-electron chi connectivity index (χ4n) is 5.87. The van der Waals surface area contributed by atoms with E-state index >= 15 is 0 Å². The van der Waals surface area contributed by atoms with Crippen molar-refractivity contribution < 1.29 is 14.3 Å². The normalized spacial score (nSPS) is 25.5. The molecule has 170 valence electrons. The van der Waals surface area contributed by atoms with Gasteiger partial charge in [0.05, 0.1) is 30.9 Å². The van der Waals surface area contributed by atoms with Gasteiger partial charge in [-0.3, -0.25) is 0 Å². The molecule has 3 aromatic rings. The van der Waals surface area contributed by atoms with Crippen LogP contribution in [0, 0.1) is 5.92 Å². The Labute approximate surface area is 193 Å². The maximum absolute atomic E-state index is 12.3. The second-order valence-corrected chi connectivity index (χ2v) is 9.68. The first-order valence-corrected chi connectivity index (χ1v) is 11.6. The van der Waals surface area contributed by atoms with Gasteiger partial charge < -0.3 is 25.5 Å². The number of carbonyl (C=O) groups excluding carboxylic acids is 1. The molecule has 6 nitrogen and oxygen atoms in total. The Morgan fingerprint density at radius 1 is 1.27 bits per heavy atom. The van der Waals surface area contributed by atoms with E-state index in [1.807, 2.05) is 12.1 Å². The maximum atomic E-state index is 12.3. The molecule has 3 atom stereocenters. The molecule has 1 saturated carbocycles. The van der Waals surface area contributed by atoms with Gasteiger partial charge in [-0.1, -0.05) is 24.8 Å². The summed E-state index contributed by atoms with van der Waals surface area (Å²) in [6, 6.07) is 11.8. The van der Waals surface area contributed by atoms with Crippen LogP contribution in [0.4, 0.5) is 0 Å². The minimum Gasteiger partial charge on any atom is -0.493 e. The summed E-state index contributed by atoms with van der Waals surface area (Å²) in [5, 5.41) is 1.16. The third-order valence-corrected chi connectivity index (χ3v) is 7.78. The summed E-state index contributed by atoms with van der Waals surface area (Å²) in [6.45, 7) is 5.42. The van der Waals surface area contributed by atoms with Crippen LogP contribution in [0.25, 0.3) is 17.0 Å². The van der Waals surface area contributed by atoms with Gasteiger partial charge in [-0.15, -0.1) is 0 Å². The first-order valence-electron chi connectivity index (χ1n) is 11.6. The van der Waals surface area contributed by atoms with Crippen molar-refractivity contribution in [3.05, 3.63) is 70.9 Å². The van der Waals surface area contributed by atoms with Crippen molar-refractivity contribution in [1.82, 2.24) is 4.57 Å². The van der Waals surface area contributed by atoms with Gasteiger partial charge in [-0.05, 0) is 66.0 Å². The topological polar surface area (TPSA) is 92.5 Å². The molecule has 6 heteroatoms. The van der Waals surface area contributed by atoms with E-state index < -0.39 is 17.6 Å². The molecule has 33 heavy (non-hydrogen) atoms. The number of esters is 1. The average molecular weight is 444 g/mol. The van der Waals surface area contributed by atoms with Gasteiger partial charge in [0.15, 0.2) is 0 Å². The van der Waals surface area contributed by atoms with Crippen molar-refractivity contribution in [3.8, 4) is 5.75 Å². The molecule has 2 aromatic carbocycles. The summed E-state index contributed by atoms with van der Waals surface area (Å²) in [7, 11) is 1.38. The lowest BCUT2D eigenvalue weighted by molar-refractivity contribution is 0.0600. The summed E-state index contributed by atoms with van der Waals surface area (Å²) >= 11 is 0. The highest BCUT2D eigenvalue weighted by molar-refractivity contribution is 5.91. The molecule has 4 N–H and O–H groups in total. The van der Waals surface area contributed by atoms with Crippen molar-refractivity contribution in [2.75, 3.05) is 13.7 Å². The highest BCUT2D eigenvalue weighted by Gasteiger charge is 2.54. The molecular weight excluding hydrogens is 414 g/mol. The monoisotopic (exact) mass is 443 g/mol. The molecule has 1 aliphatic heterocycles. The molecule has 2 aliphatic carbocycles. The molecule has 0 radical (unpaired) electrons. The molecule has 6 rings (SSSR count).